The van der Waals surface area contributed by atoms with Gasteiger partial charge in [-0.2, -0.15) is 0 Å². The number of hydrazone groups is 1. The number of hydrazine groups is 2. The predicted molar refractivity (Wildman–Crippen MR) is 34.6 cm³/mol. The molecule has 0 fully saturated rings. The van der Waals surface area contributed by atoms with Crippen molar-refractivity contribution in [2.75, 3.05) is 7.05 Å². The molecule has 0 spiro atoms. The van der Waals surface area contributed by atoms with Crippen LogP contribution in [0.3, 0.4) is 0 Å². The lowest BCUT2D eigenvalue weighted by atomic mass is 10.5. The Morgan fingerprint density at radius 2 is 2.33 bits per heavy atom. The molecule has 0 atom stereocenters. The first kappa shape index (κ1) is 5.90. The number of nitrogens with two attached hydrogens (primary N) is 2. The first-order valence-corrected chi connectivity index (χ1v) is 2.50. The largest absolute Gasteiger partial charge is 0.382 e. The highest BCUT2D eigenvalue weighted by atomic mass is 15.9. The zero-order valence-electron chi connectivity index (χ0n) is 5.15. The lowest BCUT2D eigenvalue weighted by Crippen LogP contribution is -2.41. The van der Waals surface area contributed by atoms with Crippen LogP contribution in [0.15, 0.2) is 17.4 Å². The van der Waals surface area contributed by atoms with E-state index in [4.69, 9.17) is 11.6 Å². The van der Waals surface area contributed by atoms with E-state index in [0.717, 1.165) is 5.23 Å². The maximum Gasteiger partial charge on any atom is 0.148 e. The molecule has 1 aliphatic rings. The first-order chi connectivity index (χ1) is 4.20. The van der Waals surface area contributed by atoms with E-state index in [1.807, 2.05) is 0 Å². The highest BCUT2D eigenvalue weighted by Crippen LogP contribution is 1.94. The van der Waals surface area contributed by atoms with Gasteiger partial charge in [0.1, 0.15) is 5.84 Å². The standard InChI is InChI=1S/C4H9N5/c1-8-3-2-4(5)7-9(8)6/h2-3H,6H2,1H3,(H2,5,7). The second-order valence-corrected chi connectivity index (χ2v) is 1.73. The molecule has 5 heteroatoms. The Kier molecular flexibility index (Phi) is 1.27. The molecule has 0 aromatic rings. The third-order valence-electron chi connectivity index (χ3n) is 1.00. The summed E-state index contributed by atoms with van der Waals surface area (Å²) in [5.74, 6) is 5.72. The van der Waals surface area contributed by atoms with E-state index < -0.39 is 0 Å². The topological polar surface area (TPSA) is 70.9 Å². The van der Waals surface area contributed by atoms with E-state index in [-0.39, 0.29) is 0 Å². The van der Waals surface area contributed by atoms with E-state index in [1.165, 1.54) is 0 Å². The van der Waals surface area contributed by atoms with Gasteiger partial charge in [-0.05, 0) is 0 Å². The minimum Gasteiger partial charge on any atom is -0.382 e. The van der Waals surface area contributed by atoms with E-state index in [0.29, 0.717) is 5.84 Å². The highest BCUT2D eigenvalue weighted by molar-refractivity contribution is 5.91. The second kappa shape index (κ2) is 1.94. The van der Waals surface area contributed by atoms with Crippen molar-refractivity contribution >= 4 is 5.84 Å². The molecule has 1 heterocycles. The van der Waals surface area contributed by atoms with Gasteiger partial charge in [0, 0.05) is 19.3 Å². The molecule has 0 aromatic heterocycles. The van der Waals surface area contributed by atoms with Crippen LogP contribution in [0.25, 0.3) is 0 Å². The highest BCUT2D eigenvalue weighted by Gasteiger charge is 2.02. The summed E-state index contributed by atoms with van der Waals surface area (Å²) in [4.78, 5) is 0. The number of hydrogen-bond acceptors (Lipinski definition) is 5. The molecule has 1 aliphatic heterocycles. The van der Waals surface area contributed by atoms with Crippen LogP contribution in [0, 0.1) is 0 Å². The van der Waals surface area contributed by atoms with Gasteiger partial charge in [0.15, 0.2) is 0 Å². The molecule has 50 valence electrons. The van der Waals surface area contributed by atoms with Crippen molar-refractivity contribution in [2.45, 2.75) is 0 Å². The molecule has 0 saturated heterocycles. The van der Waals surface area contributed by atoms with E-state index in [1.54, 1.807) is 24.3 Å². The molecule has 4 N–H and O–H groups in total. The zero-order chi connectivity index (χ0) is 6.85. The van der Waals surface area contributed by atoms with E-state index in [9.17, 15) is 0 Å². The Hall–Kier alpha value is -1.23. The van der Waals surface area contributed by atoms with Gasteiger partial charge >= 0.3 is 0 Å². The fraction of sp³-hybridized carbons (Fsp3) is 0.250. The van der Waals surface area contributed by atoms with Gasteiger partial charge in [-0.3, -0.25) is 5.01 Å². The average Bonchev–Trinajstić information content (AvgIpc) is 1.80. The normalized spacial score (nSPS) is 18.2. The lowest BCUT2D eigenvalue weighted by molar-refractivity contribution is 0.0471. The Labute approximate surface area is 53.1 Å². The van der Waals surface area contributed by atoms with Crippen LogP contribution in [0.1, 0.15) is 0 Å². The van der Waals surface area contributed by atoms with Crippen molar-refractivity contribution in [2.24, 2.45) is 16.7 Å². The summed E-state index contributed by atoms with van der Waals surface area (Å²) in [7, 11) is 1.77. The molecule has 0 saturated carbocycles. The minimum atomic E-state index is 0.413. The SMILES string of the molecule is CN1C=CC(N)=NN1N. The summed E-state index contributed by atoms with van der Waals surface area (Å²) in [5, 5.41) is 6.48. The molecule has 0 aliphatic carbocycles. The summed E-state index contributed by atoms with van der Waals surface area (Å²) in [5.41, 5.74) is 5.30. The minimum absolute atomic E-state index is 0.413. The van der Waals surface area contributed by atoms with Gasteiger partial charge in [0.05, 0.1) is 0 Å². The van der Waals surface area contributed by atoms with E-state index >= 15 is 0 Å². The van der Waals surface area contributed by atoms with Gasteiger partial charge < -0.3 is 5.73 Å². The Balaban J connectivity index is 2.70. The van der Waals surface area contributed by atoms with Crippen molar-refractivity contribution in [1.82, 2.24) is 10.2 Å². The fourth-order valence-electron chi connectivity index (χ4n) is 0.475. The second-order valence-electron chi connectivity index (χ2n) is 1.73. The Bertz CT molecular complexity index is 160. The molecule has 0 unspecified atom stereocenters. The van der Waals surface area contributed by atoms with Crippen molar-refractivity contribution < 1.29 is 0 Å². The molecular weight excluding hydrogens is 118 g/mol. The number of hydrogen-bond donors (Lipinski definition) is 2. The first-order valence-electron chi connectivity index (χ1n) is 2.50. The summed E-state index contributed by atoms with van der Waals surface area (Å²) < 4.78 is 0. The fourth-order valence-corrected chi connectivity index (χ4v) is 0.475. The third kappa shape index (κ3) is 1.11. The van der Waals surface area contributed by atoms with Crippen LogP contribution in [0.2, 0.25) is 0 Å². The average molecular weight is 127 g/mol. The summed E-state index contributed by atoms with van der Waals surface area (Å²) in [6, 6.07) is 0. The maximum atomic E-state index is 5.31. The van der Waals surface area contributed by atoms with Crippen LogP contribution < -0.4 is 11.6 Å². The van der Waals surface area contributed by atoms with Gasteiger partial charge in [-0.1, -0.05) is 0 Å². The summed E-state index contributed by atoms with van der Waals surface area (Å²) in [6.07, 6.45) is 3.39. The molecule has 0 aromatic carbocycles. The van der Waals surface area contributed by atoms with Gasteiger partial charge in [0.2, 0.25) is 0 Å². The smallest absolute Gasteiger partial charge is 0.148 e. The van der Waals surface area contributed by atoms with Crippen molar-refractivity contribution in [3.63, 3.8) is 0 Å². The van der Waals surface area contributed by atoms with Gasteiger partial charge in [-0.25, -0.2) is 5.84 Å². The molecule has 0 amide bonds. The zero-order valence-corrected chi connectivity index (χ0v) is 5.15. The van der Waals surface area contributed by atoms with Gasteiger partial charge in [0.25, 0.3) is 0 Å². The van der Waals surface area contributed by atoms with Crippen molar-refractivity contribution in [3.05, 3.63) is 12.3 Å². The Morgan fingerprint density at radius 1 is 1.67 bits per heavy atom. The number of amidine groups is 1. The summed E-state index contributed by atoms with van der Waals surface area (Å²) in [6.45, 7) is 0. The Morgan fingerprint density at radius 3 is 2.78 bits per heavy atom. The molecule has 0 radical (unpaired) electrons. The van der Waals surface area contributed by atoms with Crippen LogP contribution in [-0.2, 0) is 0 Å². The van der Waals surface area contributed by atoms with Crippen LogP contribution in [0.4, 0.5) is 0 Å². The number of nitrogens with zero attached hydrogens (tertiary/aromatic N) is 3. The number of rotatable bonds is 0. The summed E-state index contributed by atoms with van der Waals surface area (Å²) >= 11 is 0. The van der Waals surface area contributed by atoms with Crippen LogP contribution >= 0.6 is 0 Å². The van der Waals surface area contributed by atoms with E-state index in [2.05, 4.69) is 5.10 Å². The predicted octanol–water partition coefficient (Wildman–Crippen LogP) is -1.19. The monoisotopic (exact) mass is 127 g/mol. The molecule has 9 heavy (non-hydrogen) atoms. The lowest BCUT2D eigenvalue weighted by Gasteiger charge is -2.25. The van der Waals surface area contributed by atoms with Crippen molar-refractivity contribution in [1.29, 1.82) is 0 Å². The third-order valence-corrected chi connectivity index (χ3v) is 1.00. The molecule has 1 rings (SSSR count). The van der Waals surface area contributed by atoms with Crippen LogP contribution in [-0.4, -0.2) is 23.1 Å². The molecule has 0 bridgehead atoms. The van der Waals surface area contributed by atoms with Gasteiger partial charge in [-0.15, -0.1) is 10.3 Å². The molecule has 5 nitrogen and oxygen atoms in total. The quantitative estimate of drug-likeness (QED) is 0.401. The van der Waals surface area contributed by atoms with Crippen molar-refractivity contribution in [3.8, 4) is 0 Å². The van der Waals surface area contributed by atoms with Crippen LogP contribution in [0.5, 0.6) is 0 Å². The molecular formula is C4H9N5. The maximum absolute atomic E-state index is 5.31.